The average Bonchev–Trinajstić information content (AvgIpc) is 2.65. The second kappa shape index (κ2) is 9.40. The maximum atomic E-state index is 12.5. The molecule has 7 nitrogen and oxygen atoms in total. The van der Waals surface area contributed by atoms with E-state index in [4.69, 9.17) is 4.74 Å². The maximum Gasteiger partial charge on any atom is 0.410 e. The fourth-order valence-electron chi connectivity index (χ4n) is 3.29. The summed E-state index contributed by atoms with van der Waals surface area (Å²) >= 11 is 0. The number of hydrogen-bond donors (Lipinski definition) is 2. The van der Waals surface area contributed by atoms with Gasteiger partial charge in [0.05, 0.1) is 24.3 Å². The van der Waals surface area contributed by atoms with E-state index in [-0.39, 0.29) is 18.2 Å². The number of aliphatic hydroxyl groups is 1. The highest BCUT2D eigenvalue weighted by molar-refractivity contribution is 5.69. The van der Waals surface area contributed by atoms with E-state index in [1.54, 1.807) is 32.6 Å². The molecule has 2 amide bonds. The number of ether oxygens (including phenoxy) is 2. The molecular formula is C23H32N2O5. The van der Waals surface area contributed by atoms with Crippen LogP contribution < -0.4 is 5.32 Å². The van der Waals surface area contributed by atoms with Gasteiger partial charge in [0, 0.05) is 24.9 Å². The summed E-state index contributed by atoms with van der Waals surface area (Å²) in [6, 6.07) is 7.51. The molecule has 0 aromatic heterocycles. The smallest absolute Gasteiger partial charge is 0.410 e. The number of nitrogens with one attached hydrogen (secondary N) is 1. The summed E-state index contributed by atoms with van der Waals surface area (Å²) < 4.78 is 10.1. The monoisotopic (exact) mass is 416 g/mol. The number of nitrogens with zero attached hydrogens (tertiary/aromatic N) is 1. The molecule has 1 saturated heterocycles. The number of rotatable bonds is 5. The molecule has 0 radical (unpaired) electrons. The predicted octanol–water partition coefficient (Wildman–Crippen LogP) is 3.61. The van der Waals surface area contributed by atoms with Gasteiger partial charge in [-0.1, -0.05) is 24.0 Å². The van der Waals surface area contributed by atoms with Gasteiger partial charge in [-0.05, 0) is 52.3 Å². The first-order valence-electron chi connectivity index (χ1n) is 10.1. The normalized spacial score (nSPS) is 18.0. The SMILES string of the molecule is COC(=O)NC(C)(C)C#Cc1ccc(C(C)N2CCC(CC(C)(C)O)OC2=O)cc1. The molecule has 1 aromatic carbocycles. The van der Waals surface area contributed by atoms with Crippen LogP contribution in [0.15, 0.2) is 24.3 Å². The summed E-state index contributed by atoms with van der Waals surface area (Å²) in [5.74, 6) is 6.06. The number of carbonyl (C=O) groups is 2. The zero-order valence-corrected chi connectivity index (χ0v) is 18.6. The average molecular weight is 417 g/mol. The van der Waals surface area contributed by atoms with Crippen LogP contribution >= 0.6 is 0 Å². The molecule has 2 atom stereocenters. The van der Waals surface area contributed by atoms with Crippen molar-refractivity contribution < 1.29 is 24.2 Å². The lowest BCUT2D eigenvalue weighted by Gasteiger charge is -2.37. The predicted molar refractivity (Wildman–Crippen MR) is 114 cm³/mol. The number of alkyl carbamates (subject to hydrolysis) is 1. The molecule has 1 fully saturated rings. The highest BCUT2D eigenvalue weighted by Crippen LogP contribution is 2.28. The van der Waals surface area contributed by atoms with E-state index in [0.717, 1.165) is 11.1 Å². The number of cyclic esters (lactones) is 1. The van der Waals surface area contributed by atoms with Gasteiger partial charge in [-0.25, -0.2) is 9.59 Å². The molecule has 0 bridgehead atoms. The van der Waals surface area contributed by atoms with Crippen LogP contribution in [-0.4, -0.2) is 53.1 Å². The topological polar surface area (TPSA) is 88.1 Å². The zero-order chi connectivity index (χ0) is 22.5. The summed E-state index contributed by atoms with van der Waals surface area (Å²) in [6.07, 6.45) is -0.0405. The van der Waals surface area contributed by atoms with E-state index in [2.05, 4.69) is 21.9 Å². The molecule has 1 aromatic rings. The molecule has 0 spiro atoms. The molecule has 1 heterocycles. The molecule has 2 rings (SSSR count). The number of hydrogen-bond acceptors (Lipinski definition) is 5. The standard InChI is InChI=1S/C23H32N2O5/c1-16(25-14-12-19(30-21(25)27)15-23(4,5)28)18-9-7-17(8-10-18)11-13-22(2,3)24-20(26)29-6/h7-10,16,19,28H,12,14-15H2,1-6H3,(H,24,26). The molecule has 1 aliphatic heterocycles. The molecule has 2 unspecified atom stereocenters. The lowest BCUT2D eigenvalue weighted by atomic mass is 9.97. The molecule has 7 heteroatoms. The van der Waals surface area contributed by atoms with Crippen molar-refractivity contribution in [3.05, 3.63) is 35.4 Å². The second-order valence-corrected chi connectivity index (χ2v) is 8.79. The minimum atomic E-state index is -0.865. The lowest BCUT2D eigenvalue weighted by Crippen LogP contribution is -2.45. The maximum absolute atomic E-state index is 12.5. The van der Waals surface area contributed by atoms with Gasteiger partial charge in [0.1, 0.15) is 6.10 Å². The van der Waals surface area contributed by atoms with E-state index in [1.165, 1.54) is 7.11 Å². The summed E-state index contributed by atoms with van der Waals surface area (Å²) in [6.45, 7) is 9.55. The van der Waals surface area contributed by atoms with Gasteiger partial charge in [0.15, 0.2) is 0 Å². The molecule has 1 aliphatic rings. The van der Waals surface area contributed by atoms with Crippen molar-refractivity contribution in [3.63, 3.8) is 0 Å². The van der Waals surface area contributed by atoms with Gasteiger partial charge in [0.2, 0.25) is 0 Å². The van der Waals surface area contributed by atoms with Crippen LogP contribution in [-0.2, 0) is 9.47 Å². The van der Waals surface area contributed by atoms with Crippen molar-refractivity contribution in [2.24, 2.45) is 0 Å². The van der Waals surface area contributed by atoms with Gasteiger partial charge in [-0.2, -0.15) is 0 Å². The molecule has 164 valence electrons. The third kappa shape index (κ3) is 6.96. The van der Waals surface area contributed by atoms with E-state index in [9.17, 15) is 14.7 Å². The van der Waals surface area contributed by atoms with Crippen molar-refractivity contribution in [1.29, 1.82) is 0 Å². The third-order valence-electron chi connectivity index (χ3n) is 4.90. The molecule has 0 saturated carbocycles. The number of amides is 2. The van der Waals surface area contributed by atoms with Crippen molar-refractivity contribution >= 4 is 12.2 Å². The Bertz CT molecular complexity index is 815. The van der Waals surface area contributed by atoms with E-state index in [0.29, 0.717) is 19.4 Å². The van der Waals surface area contributed by atoms with Crippen molar-refractivity contribution in [2.75, 3.05) is 13.7 Å². The van der Waals surface area contributed by atoms with Crippen molar-refractivity contribution in [1.82, 2.24) is 10.2 Å². The van der Waals surface area contributed by atoms with E-state index >= 15 is 0 Å². The van der Waals surface area contributed by atoms with Crippen LogP contribution in [0.4, 0.5) is 9.59 Å². The van der Waals surface area contributed by atoms with Gasteiger partial charge in [-0.15, -0.1) is 0 Å². The Balaban J connectivity index is 2.01. The minimum absolute atomic E-state index is 0.139. The number of carbonyl (C=O) groups excluding carboxylic acids is 2. The second-order valence-electron chi connectivity index (χ2n) is 8.79. The number of benzene rings is 1. The van der Waals surface area contributed by atoms with E-state index < -0.39 is 17.2 Å². The third-order valence-corrected chi connectivity index (χ3v) is 4.90. The molecule has 0 aliphatic carbocycles. The van der Waals surface area contributed by atoms with Gasteiger partial charge < -0.3 is 24.8 Å². The molecule has 2 N–H and O–H groups in total. The summed E-state index contributed by atoms with van der Waals surface area (Å²) in [5, 5.41) is 12.6. The van der Waals surface area contributed by atoms with Crippen LogP contribution in [0.1, 0.15) is 64.6 Å². The Kier molecular flexibility index (Phi) is 7.38. The van der Waals surface area contributed by atoms with Gasteiger partial charge in [-0.3, -0.25) is 0 Å². The highest BCUT2D eigenvalue weighted by Gasteiger charge is 2.33. The Morgan fingerprint density at radius 1 is 1.33 bits per heavy atom. The van der Waals surface area contributed by atoms with Crippen LogP contribution in [0.5, 0.6) is 0 Å². The fraction of sp³-hybridized carbons (Fsp3) is 0.565. The van der Waals surface area contributed by atoms with Crippen LogP contribution in [0.3, 0.4) is 0 Å². The van der Waals surface area contributed by atoms with E-state index in [1.807, 2.05) is 31.2 Å². The van der Waals surface area contributed by atoms with Crippen molar-refractivity contribution in [2.45, 2.75) is 70.7 Å². The van der Waals surface area contributed by atoms with Crippen LogP contribution in [0.2, 0.25) is 0 Å². The summed E-state index contributed by atoms with van der Waals surface area (Å²) in [4.78, 5) is 25.5. The van der Waals surface area contributed by atoms with Crippen molar-refractivity contribution in [3.8, 4) is 11.8 Å². The van der Waals surface area contributed by atoms with Gasteiger partial charge >= 0.3 is 12.2 Å². The molecule has 30 heavy (non-hydrogen) atoms. The molecular weight excluding hydrogens is 384 g/mol. The fourth-order valence-corrected chi connectivity index (χ4v) is 3.29. The Morgan fingerprint density at radius 3 is 2.50 bits per heavy atom. The Labute approximate surface area is 178 Å². The minimum Gasteiger partial charge on any atom is -0.453 e. The first-order valence-corrected chi connectivity index (χ1v) is 10.1. The first-order chi connectivity index (χ1) is 13.9. The van der Waals surface area contributed by atoms with Gasteiger partial charge in [0.25, 0.3) is 0 Å². The summed E-state index contributed by atoms with van der Waals surface area (Å²) in [7, 11) is 1.31. The quantitative estimate of drug-likeness (QED) is 0.716. The summed E-state index contributed by atoms with van der Waals surface area (Å²) in [5.41, 5.74) is 0.190. The largest absolute Gasteiger partial charge is 0.453 e. The number of methoxy groups -OCH3 is 1. The van der Waals surface area contributed by atoms with Crippen LogP contribution in [0, 0.1) is 11.8 Å². The lowest BCUT2D eigenvalue weighted by molar-refractivity contribution is -0.0309. The van der Waals surface area contributed by atoms with Crippen LogP contribution in [0.25, 0.3) is 0 Å². The first kappa shape index (κ1) is 23.6. The zero-order valence-electron chi connectivity index (χ0n) is 18.6. The Morgan fingerprint density at radius 2 is 1.97 bits per heavy atom. The Hall–Kier alpha value is -2.72. The highest BCUT2D eigenvalue weighted by atomic mass is 16.6.